The van der Waals surface area contributed by atoms with Crippen molar-refractivity contribution in [3.63, 3.8) is 0 Å². The minimum absolute atomic E-state index is 0.210. The SMILES string of the molecule is CCN(Cc1ccccc1C)C(=O)CCc1ccccc1Br. The van der Waals surface area contributed by atoms with Crippen LogP contribution in [0.4, 0.5) is 0 Å². The Morgan fingerprint density at radius 1 is 1.05 bits per heavy atom. The van der Waals surface area contributed by atoms with E-state index in [4.69, 9.17) is 0 Å². The summed E-state index contributed by atoms with van der Waals surface area (Å²) in [7, 11) is 0. The van der Waals surface area contributed by atoms with E-state index in [1.54, 1.807) is 0 Å². The molecule has 0 aliphatic rings. The van der Waals surface area contributed by atoms with Crippen molar-refractivity contribution in [1.82, 2.24) is 4.90 Å². The molecule has 0 spiro atoms. The number of carbonyl (C=O) groups excluding carboxylic acids is 1. The Labute approximate surface area is 141 Å². The smallest absolute Gasteiger partial charge is 0.223 e. The first-order chi connectivity index (χ1) is 10.6. The van der Waals surface area contributed by atoms with Gasteiger partial charge in [0.05, 0.1) is 0 Å². The van der Waals surface area contributed by atoms with Crippen LogP contribution in [0.25, 0.3) is 0 Å². The van der Waals surface area contributed by atoms with Crippen LogP contribution in [-0.4, -0.2) is 17.4 Å². The summed E-state index contributed by atoms with van der Waals surface area (Å²) in [5.41, 5.74) is 3.64. The lowest BCUT2D eigenvalue weighted by Crippen LogP contribution is -2.30. The predicted octanol–water partition coefficient (Wildman–Crippen LogP) is 4.74. The standard InChI is InChI=1S/C19H22BrNO/c1-3-21(14-17-10-5-4-8-15(17)2)19(22)13-12-16-9-6-7-11-18(16)20/h4-11H,3,12-14H2,1-2H3. The third-order valence-electron chi connectivity index (χ3n) is 3.92. The van der Waals surface area contributed by atoms with Gasteiger partial charge in [-0.25, -0.2) is 0 Å². The molecule has 2 rings (SSSR count). The summed E-state index contributed by atoms with van der Waals surface area (Å²) >= 11 is 3.54. The highest BCUT2D eigenvalue weighted by atomic mass is 79.9. The van der Waals surface area contributed by atoms with Gasteiger partial charge in [0, 0.05) is 24.0 Å². The first-order valence-electron chi connectivity index (χ1n) is 7.67. The van der Waals surface area contributed by atoms with Crippen molar-refractivity contribution in [2.24, 2.45) is 0 Å². The molecule has 0 bridgehead atoms. The van der Waals surface area contributed by atoms with Gasteiger partial charge in [-0.2, -0.15) is 0 Å². The van der Waals surface area contributed by atoms with E-state index in [2.05, 4.69) is 41.1 Å². The molecular formula is C19H22BrNO. The van der Waals surface area contributed by atoms with E-state index >= 15 is 0 Å². The second-order valence-corrected chi connectivity index (χ2v) is 6.28. The Morgan fingerprint density at radius 2 is 1.68 bits per heavy atom. The van der Waals surface area contributed by atoms with Crippen molar-refractivity contribution in [2.75, 3.05) is 6.54 Å². The fourth-order valence-corrected chi connectivity index (χ4v) is 2.95. The Morgan fingerprint density at radius 3 is 2.32 bits per heavy atom. The minimum atomic E-state index is 0.210. The third kappa shape index (κ3) is 4.44. The molecule has 0 unspecified atom stereocenters. The van der Waals surface area contributed by atoms with Gasteiger partial charge in [0.25, 0.3) is 0 Å². The number of benzene rings is 2. The average Bonchev–Trinajstić information content (AvgIpc) is 2.53. The van der Waals surface area contributed by atoms with E-state index in [0.717, 1.165) is 17.4 Å². The lowest BCUT2D eigenvalue weighted by molar-refractivity contribution is -0.131. The fraction of sp³-hybridized carbons (Fsp3) is 0.316. The normalized spacial score (nSPS) is 10.5. The number of hydrogen-bond acceptors (Lipinski definition) is 1. The lowest BCUT2D eigenvalue weighted by atomic mass is 10.1. The maximum Gasteiger partial charge on any atom is 0.223 e. The number of rotatable bonds is 6. The predicted molar refractivity (Wildman–Crippen MR) is 94.7 cm³/mol. The van der Waals surface area contributed by atoms with E-state index in [9.17, 15) is 4.79 Å². The summed E-state index contributed by atoms with van der Waals surface area (Å²) in [6.45, 7) is 5.56. The van der Waals surface area contributed by atoms with Gasteiger partial charge in [-0.3, -0.25) is 4.79 Å². The molecule has 0 heterocycles. The molecule has 3 heteroatoms. The summed E-state index contributed by atoms with van der Waals surface area (Å²) in [6, 6.07) is 16.3. The van der Waals surface area contributed by atoms with E-state index in [0.29, 0.717) is 13.0 Å². The average molecular weight is 360 g/mol. The van der Waals surface area contributed by atoms with Crippen LogP contribution in [0.15, 0.2) is 53.0 Å². The number of halogens is 1. The van der Waals surface area contributed by atoms with Gasteiger partial charge in [0.2, 0.25) is 5.91 Å². The number of aryl methyl sites for hydroxylation is 2. The van der Waals surface area contributed by atoms with Crippen LogP contribution in [0.1, 0.15) is 30.0 Å². The minimum Gasteiger partial charge on any atom is -0.339 e. The van der Waals surface area contributed by atoms with Crippen LogP contribution < -0.4 is 0 Å². The van der Waals surface area contributed by atoms with Crippen LogP contribution in [0.3, 0.4) is 0 Å². The van der Waals surface area contributed by atoms with Crippen molar-refractivity contribution in [2.45, 2.75) is 33.2 Å². The van der Waals surface area contributed by atoms with Crippen molar-refractivity contribution in [1.29, 1.82) is 0 Å². The van der Waals surface area contributed by atoms with Crippen molar-refractivity contribution >= 4 is 21.8 Å². The number of nitrogens with zero attached hydrogens (tertiary/aromatic N) is 1. The van der Waals surface area contributed by atoms with Crippen LogP contribution in [0.2, 0.25) is 0 Å². The van der Waals surface area contributed by atoms with Gasteiger partial charge in [0.1, 0.15) is 0 Å². The molecule has 0 saturated heterocycles. The molecule has 0 aliphatic heterocycles. The van der Waals surface area contributed by atoms with Crippen LogP contribution in [0, 0.1) is 6.92 Å². The molecule has 1 amide bonds. The van der Waals surface area contributed by atoms with Gasteiger partial charge in [0.15, 0.2) is 0 Å². The molecule has 22 heavy (non-hydrogen) atoms. The molecule has 0 N–H and O–H groups in total. The highest BCUT2D eigenvalue weighted by Gasteiger charge is 2.13. The van der Waals surface area contributed by atoms with Gasteiger partial charge < -0.3 is 4.90 Å². The van der Waals surface area contributed by atoms with E-state index in [-0.39, 0.29) is 5.91 Å². The van der Waals surface area contributed by atoms with Crippen molar-refractivity contribution in [3.05, 3.63) is 69.7 Å². The zero-order valence-electron chi connectivity index (χ0n) is 13.2. The highest BCUT2D eigenvalue weighted by Crippen LogP contribution is 2.18. The second kappa shape index (κ2) is 8.14. The number of hydrogen-bond donors (Lipinski definition) is 0. The topological polar surface area (TPSA) is 20.3 Å². The zero-order valence-corrected chi connectivity index (χ0v) is 14.8. The third-order valence-corrected chi connectivity index (χ3v) is 4.70. The fourth-order valence-electron chi connectivity index (χ4n) is 2.47. The van der Waals surface area contributed by atoms with Crippen LogP contribution in [-0.2, 0) is 17.8 Å². The maximum atomic E-state index is 12.5. The molecule has 0 atom stereocenters. The van der Waals surface area contributed by atoms with E-state index < -0.39 is 0 Å². The molecule has 2 aromatic rings. The molecule has 0 saturated carbocycles. The molecule has 0 radical (unpaired) electrons. The summed E-state index contributed by atoms with van der Waals surface area (Å²) in [5.74, 6) is 0.210. The molecular weight excluding hydrogens is 338 g/mol. The van der Waals surface area contributed by atoms with Crippen LogP contribution >= 0.6 is 15.9 Å². The Balaban J connectivity index is 1.98. The van der Waals surface area contributed by atoms with Gasteiger partial charge in [-0.1, -0.05) is 58.4 Å². The zero-order chi connectivity index (χ0) is 15.9. The molecule has 116 valence electrons. The molecule has 2 nitrogen and oxygen atoms in total. The number of carbonyl (C=O) groups is 1. The van der Waals surface area contributed by atoms with Gasteiger partial charge in [-0.05, 0) is 43.0 Å². The second-order valence-electron chi connectivity index (χ2n) is 5.43. The first kappa shape index (κ1) is 16.8. The molecule has 0 aromatic heterocycles. The Kier molecular flexibility index (Phi) is 6.20. The first-order valence-corrected chi connectivity index (χ1v) is 8.46. The van der Waals surface area contributed by atoms with Crippen LogP contribution in [0.5, 0.6) is 0 Å². The lowest BCUT2D eigenvalue weighted by Gasteiger charge is -2.22. The quantitative estimate of drug-likeness (QED) is 0.729. The summed E-state index contributed by atoms with van der Waals surface area (Å²) < 4.78 is 1.07. The molecule has 0 aliphatic carbocycles. The van der Waals surface area contributed by atoms with Crippen molar-refractivity contribution in [3.8, 4) is 0 Å². The van der Waals surface area contributed by atoms with E-state index in [1.807, 2.05) is 42.2 Å². The summed E-state index contributed by atoms with van der Waals surface area (Å²) in [4.78, 5) is 14.4. The molecule has 2 aromatic carbocycles. The summed E-state index contributed by atoms with van der Waals surface area (Å²) in [6.07, 6.45) is 1.31. The van der Waals surface area contributed by atoms with Gasteiger partial charge >= 0.3 is 0 Å². The Hall–Kier alpha value is -1.61. The van der Waals surface area contributed by atoms with Gasteiger partial charge in [-0.15, -0.1) is 0 Å². The number of amides is 1. The highest BCUT2D eigenvalue weighted by molar-refractivity contribution is 9.10. The molecule has 0 fully saturated rings. The summed E-state index contributed by atoms with van der Waals surface area (Å²) in [5, 5.41) is 0. The largest absolute Gasteiger partial charge is 0.339 e. The van der Waals surface area contributed by atoms with E-state index in [1.165, 1.54) is 16.7 Å². The maximum absolute atomic E-state index is 12.5. The van der Waals surface area contributed by atoms with Crippen molar-refractivity contribution < 1.29 is 4.79 Å². The Bertz CT molecular complexity index is 639. The monoisotopic (exact) mass is 359 g/mol.